The van der Waals surface area contributed by atoms with E-state index in [1.165, 1.54) is 16.7 Å². The largest absolute Gasteiger partial charge is 0.338 e. The van der Waals surface area contributed by atoms with Gasteiger partial charge in [-0.25, -0.2) is 9.97 Å². The normalized spacial score (nSPS) is 15.4. The van der Waals surface area contributed by atoms with Crippen LogP contribution in [0, 0.1) is 13.8 Å². The molecular formula is C16H20N4. The average Bonchev–Trinajstić information content (AvgIpc) is 2.48. The van der Waals surface area contributed by atoms with Crippen molar-refractivity contribution in [3.8, 4) is 11.1 Å². The number of anilines is 1. The molecule has 1 saturated heterocycles. The van der Waals surface area contributed by atoms with E-state index in [1.54, 1.807) is 0 Å². The summed E-state index contributed by atoms with van der Waals surface area (Å²) in [6, 6.07) is 6.47. The van der Waals surface area contributed by atoms with E-state index >= 15 is 0 Å². The minimum Gasteiger partial charge on any atom is -0.338 e. The van der Waals surface area contributed by atoms with E-state index in [2.05, 4.69) is 52.2 Å². The van der Waals surface area contributed by atoms with Crippen LogP contribution in [0.3, 0.4) is 0 Å². The highest BCUT2D eigenvalue weighted by atomic mass is 15.3. The van der Waals surface area contributed by atoms with Crippen molar-refractivity contribution in [2.45, 2.75) is 13.8 Å². The van der Waals surface area contributed by atoms with Crippen molar-refractivity contribution in [1.29, 1.82) is 0 Å². The van der Waals surface area contributed by atoms with Crippen molar-refractivity contribution in [3.05, 3.63) is 41.7 Å². The third-order valence-corrected chi connectivity index (χ3v) is 3.73. The fraction of sp³-hybridized carbons (Fsp3) is 0.375. The minimum atomic E-state index is 0.833. The van der Waals surface area contributed by atoms with E-state index in [1.807, 2.05) is 12.4 Å². The first-order valence-electron chi connectivity index (χ1n) is 7.09. The summed E-state index contributed by atoms with van der Waals surface area (Å²) in [5, 5.41) is 3.34. The van der Waals surface area contributed by atoms with Gasteiger partial charge < -0.3 is 10.2 Å². The lowest BCUT2D eigenvalue weighted by Gasteiger charge is -2.27. The zero-order chi connectivity index (χ0) is 13.9. The Bertz CT molecular complexity index is 586. The summed E-state index contributed by atoms with van der Waals surface area (Å²) in [4.78, 5) is 11.3. The SMILES string of the molecule is Cc1ccc(-c2cnc(N3CCNCC3)nc2)c(C)c1. The van der Waals surface area contributed by atoms with Gasteiger partial charge in [-0.05, 0) is 25.0 Å². The van der Waals surface area contributed by atoms with E-state index in [0.29, 0.717) is 0 Å². The van der Waals surface area contributed by atoms with Crippen LogP contribution in [-0.4, -0.2) is 36.1 Å². The Labute approximate surface area is 119 Å². The van der Waals surface area contributed by atoms with Crippen LogP contribution >= 0.6 is 0 Å². The maximum Gasteiger partial charge on any atom is 0.225 e. The molecule has 0 spiro atoms. The molecule has 104 valence electrons. The zero-order valence-corrected chi connectivity index (χ0v) is 12.1. The first-order valence-corrected chi connectivity index (χ1v) is 7.09. The van der Waals surface area contributed by atoms with Crippen molar-refractivity contribution >= 4 is 5.95 Å². The summed E-state index contributed by atoms with van der Waals surface area (Å²) >= 11 is 0. The molecule has 0 bridgehead atoms. The number of piperazine rings is 1. The molecule has 0 amide bonds. The van der Waals surface area contributed by atoms with Crippen molar-refractivity contribution in [2.75, 3.05) is 31.1 Å². The quantitative estimate of drug-likeness (QED) is 0.906. The van der Waals surface area contributed by atoms with E-state index in [4.69, 9.17) is 0 Å². The molecule has 20 heavy (non-hydrogen) atoms. The van der Waals surface area contributed by atoms with Gasteiger partial charge in [0, 0.05) is 44.1 Å². The Kier molecular flexibility index (Phi) is 3.65. The standard InChI is InChI=1S/C16H20N4/c1-12-3-4-15(13(2)9-12)14-10-18-16(19-11-14)20-7-5-17-6-8-20/h3-4,9-11,17H,5-8H2,1-2H3. The summed E-state index contributed by atoms with van der Waals surface area (Å²) < 4.78 is 0. The van der Waals surface area contributed by atoms with Gasteiger partial charge in [-0.15, -0.1) is 0 Å². The van der Waals surface area contributed by atoms with Crippen LogP contribution in [-0.2, 0) is 0 Å². The van der Waals surface area contributed by atoms with Gasteiger partial charge >= 0.3 is 0 Å². The van der Waals surface area contributed by atoms with E-state index in [0.717, 1.165) is 37.7 Å². The van der Waals surface area contributed by atoms with Crippen LogP contribution in [0.1, 0.15) is 11.1 Å². The van der Waals surface area contributed by atoms with Crippen molar-refractivity contribution in [1.82, 2.24) is 15.3 Å². The number of aryl methyl sites for hydroxylation is 2. The molecular weight excluding hydrogens is 248 g/mol. The first kappa shape index (κ1) is 13.1. The maximum atomic E-state index is 4.53. The molecule has 3 rings (SSSR count). The lowest BCUT2D eigenvalue weighted by molar-refractivity contribution is 0.580. The van der Waals surface area contributed by atoms with Gasteiger partial charge in [0.2, 0.25) is 5.95 Å². The number of rotatable bonds is 2. The van der Waals surface area contributed by atoms with Gasteiger partial charge in [-0.1, -0.05) is 23.8 Å². The molecule has 1 aromatic carbocycles. The fourth-order valence-corrected chi connectivity index (χ4v) is 2.63. The second kappa shape index (κ2) is 5.59. The number of hydrogen-bond acceptors (Lipinski definition) is 4. The highest BCUT2D eigenvalue weighted by molar-refractivity contribution is 5.66. The predicted octanol–water partition coefficient (Wildman–Crippen LogP) is 2.17. The van der Waals surface area contributed by atoms with Gasteiger partial charge in [0.15, 0.2) is 0 Å². The highest BCUT2D eigenvalue weighted by Crippen LogP contribution is 2.23. The molecule has 4 nitrogen and oxygen atoms in total. The molecule has 2 heterocycles. The minimum absolute atomic E-state index is 0.833. The Morgan fingerprint density at radius 3 is 2.40 bits per heavy atom. The second-order valence-corrected chi connectivity index (χ2v) is 5.33. The van der Waals surface area contributed by atoms with Crippen LogP contribution in [0.25, 0.3) is 11.1 Å². The molecule has 0 radical (unpaired) electrons. The molecule has 1 aliphatic rings. The van der Waals surface area contributed by atoms with Crippen molar-refractivity contribution in [3.63, 3.8) is 0 Å². The summed E-state index contributed by atoms with van der Waals surface area (Å²) in [7, 11) is 0. The topological polar surface area (TPSA) is 41.1 Å². The predicted molar refractivity (Wildman–Crippen MR) is 82.0 cm³/mol. The lowest BCUT2D eigenvalue weighted by Crippen LogP contribution is -2.44. The molecule has 1 aromatic heterocycles. The van der Waals surface area contributed by atoms with Gasteiger partial charge in [0.05, 0.1) is 0 Å². The number of aromatic nitrogens is 2. The summed E-state index contributed by atoms with van der Waals surface area (Å²) in [5.74, 6) is 0.833. The molecule has 0 unspecified atom stereocenters. The van der Waals surface area contributed by atoms with Crippen LogP contribution in [0.2, 0.25) is 0 Å². The third kappa shape index (κ3) is 2.65. The second-order valence-electron chi connectivity index (χ2n) is 5.33. The monoisotopic (exact) mass is 268 g/mol. The first-order chi connectivity index (χ1) is 9.74. The summed E-state index contributed by atoms with van der Waals surface area (Å²) in [6.45, 7) is 8.20. The molecule has 0 atom stereocenters. The van der Waals surface area contributed by atoms with Crippen LogP contribution < -0.4 is 10.2 Å². The maximum absolute atomic E-state index is 4.53. The fourth-order valence-electron chi connectivity index (χ4n) is 2.63. The number of nitrogens with one attached hydrogen (secondary N) is 1. The average molecular weight is 268 g/mol. The highest BCUT2D eigenvalue weighted by Gasteiger charge is 2.13. The smallest absolute Gasteiger partial charge is 0.225 e. The van der Waals surface area contributed by atoms with E-state index in [9.17, 15) is 0 Å². The summed E-state index contributed by atoms with van der Waals surface area (Å²) in [5.41, 5.74) is 4.84. The Morgan fingerprint density at radius 1 is 1.05 bits per heavy atom. The van der Waals surface area contributed by atoms with Crippen molar-refractivity contribution in [2.24, 2.45) is 0 Å². The Morgan fingerprint density at radius 2 is 1.75 bits per heavy atom. The number of benzene rings is 1. The van der Waals surface area contributed by atoms with Gasteiger partial charge in [-0.2, -0.15) is 0 Å². The molecule has 4 heteroatoms. The van der Waals surface area contributed by atoms with Crippen LogP contribution in [0.5, 0.6) is 0 Å². The van der Waals surface area contributed by atoms with Gasteiger partial charge in [0.25, 0.3) is 0 Å². The van der Waals surface area contributed by atoms with Gasteiger partial charge in [-0.3, -0.25) is 0 Å². The summed E-state index contributed by atoms with van der Waals surface area (Å²) in [6.07, 6.45) is 3.87. The van der Waals surface area contributed by atoms with Crippen LogP contribution in [0.15, 0.2) is 30.6 Å². The Hall–Kier alpha value is -1.94. The van der Waals surface area contributed by atoms with Gasteiger partial charge in [0.1, 0.15) is 0 Å². The molecule has 1 aliphatic heterocycles. The lowest BCUT2D eigenvalue weighted by atomic mass is 10.0. The third-order valence-electron chi connectivity index (χ3n) is 3.73. The van der Waals surface area contributed by atoms with E-state index in [-0.39, 0.29) is 0 Å². The number of hydrogen-bond donors (Lipinski definition) is 1. The molecule has 2 aromatic rings. The molecule has 1 fully saturated rings. The molecule has 0 saturated carbocycles. The molecule has 1 N–H and O–H groups in total. The Balaban J connectivity index is 1.85. The van der Waals surface area contributed by atoms with Crippen molar-refractivity contribution < 1.29 is 0 Å². The number of nitrogens with zero attached hydrogens (tertiary/aromatic N) is 3. The molecule has 0 aliphatic carbocycles. The zero-order valence-electron chi connectivity index (χ0n) is 12.1. The van der Waals surface area contributed by atoms with Crippen LogP contribution in [0.4, 0.5) is 5.95 Å². The van der Waals surface area contributed by atoms with E-state index < -0.39 is 0 Å².